The van der Waals surface area contributed by atoms with Gasteiger partial charge in [-0.05, 0) is 79.0 Å². The molecule has 4 nitrogen and oxygen atoms in total. The Balaban J connectivity index is 1.26. The van der Waals surface area contributed by atoms with Gasteiger partial charge in [-0.3, -0.25) is 15.0 Å². The van der Waals surface area contributed by atoms with Gasteiger partial charge in [0.15, 0.2) is 0 Å². The van der Waals surface area contributed by atoms with Crippen molar-refractivity contribution in [1.29, 1.82) is 0 Å². The second kappa shape index (κ2) is 9.04. The third kappa shape index (κ3) is 4.55. The van der Waals surface area contributed by atoms with Gasteiger partial charge in [-0.25, -0.2) is 0 Å². The number of likely N-dealkylation sites (tertiary alicyclic amines) is 1. The van der Waals surface area contributed by atoms with E-state index in [0.717, 1.165) is 60.0 Å². The molecule has 0 unspecified atom stereocenters. The SMILES string of the molecule is Clc1c[c]c(-c2ccccc2)c(CN2CCC(c3cc(-c4ccncc4)[nH]n3)CC2)c1. The molecule has 31 heavy (non-hydrogen) atoms. The normalized spacial score (nSPS) is 15.3. The minimum atomic E-state index is 0.489. The lowest BCUT2D eigenvalue weighted by Crippen LogP contribution is -2.32. The lowest BCUT2D eigenvalue weighted by atomic mass is 9.92. The van der Waals surface area contributed by atoms with Gasteiger partial charge in [-0.1, -0.05) is 41.9 Å². The number of benzene rings is 2. The maximum absolute atomic E-state index is 6.31. The fraction of sp³-hybridized carbons (Fsp3) is 0.231. The van der Waals surface area contributed by atoms with E-state index in [1.54, 1.807) is 0 Å². The van der Waals surface area contributed by atoms with Crippen LogP contribution in [0.15, 0.2) is 73.1 Å². The lowest BCUT2D eigenvalue weighted by molar-refractivity contribution is 0.203. The molecule has 2 aromatic carbocycles. The second-order valence-corrected chi connectivity index (χ2v) is 8.51. The third-order valence-corrected chi connectivity index (χ3v) is 6.26. The number of rotatable bonds is 5. The van der Waals surface area contributed by atoms with Crippen LogP contribution in [0.25, 0.3) is 22.4 Å². The molecule has 5 rings (SSSR count). The molecule has 1 radical (unpaired) electrons. The predicted molar refractivity (Wildman–Crippen MR) is 125 cm³/mol. The van der Waals surface area contributed by atoms with E-state index in [4.69, 9.17) is 11.6 Å². The molecule has 0 bridgehead atoms. The van der Waals surface area contributed by atoms with Crippen LogP contribution in [0.5, 0.6) is 0 Å². The fourth-order valence-electron chi connectivity index (χ4n) is 4.37. The van der Waals surface area contributed by atoms with E-state index in [9.17, 15) is 0 Å². The van der Waals surface area contributed by atoms with Crippen molar-refractivity contribution in [2.75, 3.05) is 13.1 Å². The van der Waals surface area contributed by atoms with Crippen molar-refractivity contribution in [3.05, 3.63) is 95.4 Å². The zero-order valence-corrected chi connectivity index (χ0v) is 18.0. The third-order valence-electron chi connectivity index (χ3n) is 6.04. The first kappa shape index (κ1) is 20.0. The van der Waals surface area contributed by atoms with Gasteiger partial charge in [0, 0.05) is 35.4 Å². The van der Waals surface area contributed by atoms with Gasteiger partial charge in [0.25, 0.3) is 0 Å². The molecule has 0 aliphatic carbocycles. The number of aromatic nitrogens is 3. The number of hydrogen-bond donors (Lipinski definition) is 1. The number of hydrogen-bond acceptors (Lipinski definition) is 3. The van der Waals surface area contributed by atoms with Gasteiger partial charge in [-0.2, -0.15) is 5.10 Å². The molecule has 155 valence electrons. The van der Waals surface area contributed by atoms with Gasteiger partial charge in [0.05, 0.1) is 11.4 Å². The second-order valence-electron chi connectivity index (χ2n) is 8.08. The van der Waals surface area contributed by atoms with E-state index < -0.39 is 0 Å². The van der Waals surface area contributed by atoms with Gasteiger partial charge in [-0.15, -0.1) is 0 Å². The van der Waals surface area contributed by atoms with Crippen molar-refractivity contribution in [2.24, 2.45) is 0 Å². The van der Waals surface area contributed by atoms with Crippen molar-refractivity contribution < 1.29 is 0 Å². The average Bonchev–Trinajstić information content (AvgIpc) is 3.31. The van der Waals surface area contributed by atoms with Crippen LogP contribution in [0.4, 0.5) is 0 Å². The van der Waals surface area contributed by atoms with Crippen molar-refractivity contribution in [2.45, 2.75) is 25.3 Å². The highest BCUT2D eigenvalue weighted by atomic mass is 35.5. The van der Waals surface area contributed by atoms with Crippen molar-refractivity contribution in [3.8, 4) is 22.4 Å². The van der Waals surface area contributed by atoms with E-state index in [1.807, 2.05) is 36.7 Å². The largest absolute Gasteiger partial charge is 0.299 e. The van der Waals surface area contributed by atoms with Gasteiger partial charge >= 0.3 is 0 Å². The van der Waals surface area contributed by atoms with Crippen molar-refractivity contribution >= 4 is 11.6 Å². The van der Waals surface area contributed by atoms with E-state index >= 15 is 0 Å². The van der Waals surface area contributed by atoms with Crippen LogP contribution < -0.4 is 0 Å². The Kier molecular flexibility index (Phi) is 5.83. The molecule has 1 N–H and O–H groups in total. The highest BCUT2D eigenvalue weighted by molar-refractivity contribution is 6.30. The van der Waals surface area contributed by atoms with Crippen LogP contribution in [0, 0.1) is 6.07 Å². The highest BCUT2D eigenvalue weighted by Gasteiger charge is 2.23. The maximum Gasteiger partial charge on any atom is 0.0660 e. The number of piperidine rings is 1. The Bertz CT molecular complexity index is 1130. The Morgan fingerprint density at radius 1 is 1.00 bits per heavy atom. The summed E-state index contributed by atoms with van der Waals surface area (Å²) in [6.07, 6.45) is 5.83. The summed E-state index contributed by atoms with van der Waals surface area (Å²) in [5.41, 5.74) is 6.90. The molecule has 0 spiro atoms. The molecule has 3 heterocycles. The van der Waals surface area contributed by atoms with Gasteiger partial charge in [0.1, 0.15) is 0 Å². The first-order valence-corrected chi connectivity index (χ1v) is 11.1. The van der Waals surface area contributed by atoms with E-state index in [1.165, 1.54) is 11.1 Å². The first-order valence-electron chi connectivity index (χ1n) is 10.7. The highest BCUT2D eigenvalue weighted by Crippen LogP contribution is 2.32. The number of aromatic amines is 1. The summed E-state index contributed by atoms with van der Waals surface area (Å²) in [7, 11) is 0. The standard InChI is InChI=1S/C26H24ClN4/c27-23-6-7-24(19-4-2-1-3-5-19)22(16-23)18-31-14-10-21(11-15-31)26-17-25(29-30-26)20-8-12-28-13-9-20/h1-6,8-9,12-13,16-17,21H,10-11,14-15,18H2,(H,29,30). The molecule has 5 heteroatoms. The van der Waals surface area contributed by atoms with Crippen LogP contribution in [0.1, 0.15) is 30.0 Å². The Labute approximate surface area is 187 Å². The van der Waals surface area contributed by atoms with Crippen LogP contribution in [0.2, 0.25) is 5.02 Å². The summed E-state index contributed by atoms with van der Waals surface area (Å²) in [6, 6.07) is 24.0. The maximum atomic E-state index is 6.31. The Hall–Kier alpha value is -2.95. The van der Waals surface area contributed by atoms with Crippen LogP contribution in [-0.2, 0) is 6.54 Å². The Morgan fingerprint density at radius 2 is 1.77 bits per heavy atom. The van der Waals surface area contributed by atoms with Crippen molar-refractivity contribution in [3.63, 3.8) is 0 Å². The first-order chi connectivity index (χ1) is 15.3. The number of nitrogens with zero attached hydrogens (tertiary/aromatic N) is 3. The molecular formula is C26H24ClN4. The molecule has 0 amide bonds. The molecule has 2 aromatic heterocycles. The van der Waals surface area contributed by atoms with E-state index in [-0.39, 0.29) is 0 Å². The summed E-state index contributed by atoms with van der Waals surface area (Å²) in [6.45, 7) is 2.97. The molecule has 1 aliphatic rings. The van der Waals surface area contributed by atoms with Crippen molar-refractivity contribution in [1.82, 2.24) is 20.1 Å². The number of halogens is 1. The van der Waals surface area contributed by atoms with Crippen LogP contribution in [0.3, 0.4) is 0 Å². The molecule has 1 fully saturated rings. The van der Waals surface area contributed by atoms with Crippen LogP contribution in [-0.4, -0.2) is 33.2 Å². The lowest BCUT2D eigenvalue weighted by Gasteiger charge is -2.31. The Morgan fingerprint density at radius 3 is 2.55 bits per heavy atom. The number of pyridine rings is 1. The molecule has 4 aromatic rings. The van der Waals surface area contributed by atoms with Crippen LogP contribution >= 0.6 is 11.6 Å². The van der Waals surface area contributed by atoms with E-state index in [0.29, 0.717) is 5.92 Å². The summed E-state index contributed by atoms with van der Waals surface area (Å²) >= 11 is 6.31. The summed E-state index contributed by atoms with van der Waals surface area (Å²) in [5.74, 6) is 0.489. The fourth-order valence-corrected chi connectivity index (χ4v) is 4.55. The zero-order chi connectivity index (χ0) is 21.0. The predicted octanol–water partition coefficient (Wildman–Crippen LogP) is 5.97. The summed E-state index contributed by atoms with van der Waals surface area (Å²) in [5, 5.41) is 8.54. The molecule has 1 aliphatic heterocycles. The quantitative estimate of drug-likeness (QED) is 0.426. The van der Waals surface area contributed by atoms with Gasteiger partial charge in [0.2, 0.25) is 0 Å². The number of nitrogens with one attached hydrogen (secondary N) is 1. The molecule has 1 saturated heterocycles. The minimum absolute atomic E-state index is 0.489. The molecular weight excluding hydrogens is 404 g/mol. The smallest absolute Gasteiger partial charge is 0.0660 e. The monoisotopic (exact) mass is 427 g/mol. The average molecular weight is 428 g/mol. The topological polar surface area (TPSA) is 44.8 Å². The minimum Gasteiger partial charge on any atom is -0.299 e. The molecule has 0 saturated carbocycles. The number of H-pyrrole nitrogens is 1. The molecule has 0 atom stereocenters. The zero-order valence-electron chi connectivity index (χ0n) is 17.3. The van der Waals surface area contributed by atoms with Gasteiger partial charge < -0.3 is 0 Å². The summed E-state index contributed by atoms with van der Waals surface area (Å²) in [4.78, 5) is 6.60. The summed E-state index contributed by atoms with van der Waals surface area (Å²) < 4.78 is 0. The van der Waals surface area contributed by atoms with E-state index in [2.05, 4.69) is 62.5 Å².